The predicted molar refractivity (Wildman–Crippen MR) is 140 cm³/mol. The lowest BCUT2D eigenvalue weighted by Crippen LogP contribution is -2.22. The Labute approximate surface area is 211 Å². The summed E-state index contributed by atoms with van der Waals surface area (Å²) in [6.07, 6.45) is 1.80. The summed E-state index contributed by atoms with van der Waals surface area (Å²) in [6, 6.07) is 20.8. The minimum absolute atomic E-state index is 0.110. The number of imidazole rings is 1. The molecule has 5 rings (SSSR count). The van der Waals surface area contributed by atoms with Gasteiger partial charge in [0.05, 0.1) is 40.9 Å². The molecule has 1 unspecified atom stereocenters. The third-order valence-electron chi connectivity index (χ3n) is 5.48. The zero-order valence-corrected chi connectivity index (χ0v) is 20.8. The van der Waals surface area contributed by atoms with Crippen molar-refractivity contribution in [2.75, 3.05) is 20.3 Å². The summed E-state index contributed by atoms with van der Waals surface area (Å²) in [7, 11) is 1.56. The van der Waals surface area contributed by atoms with Gasteiger partial charge in [0.25, 0.3) is 5.56 Å². The number of benzene rings is 3. The molecule has 0 saturated carbocycles. The average molecular weight is 507 g/mol. The number of ether oxygens (including phenoxy) is 3. The third kappa shape index (κ3) is 4.83. The molecule has 0 radical (unpaired) electrons. The summed E-state index contributed by atoms with van der Waals surface area (Å²) in [5.74, 6) is 1.91. The normalized spacial score (nSPS) is 12.8. The highest BCUT2D eigenvalue weighted by molar-refractivity contribution is 7.15. The molecule has 35 heavy (non-hydrogen) atoms. The largest absolute Gasteiger partial charge is 0.493 e. The number of aromatic nitrogens is 2. The molecule has 0 aliphatic carbocycles. The van der Waals surface area contributed by atoms with E-state index < -0.39 is 0 Å². The van der Waals surface area contributed by atoms with Crippen LogP contribution in [0.1, 0.15) is 12.5 Å². The number of thiazole rings is 1. The molecule has 0 N–H and O–H groups in total. The fraction of sp³-hybridized carbons (Fsp3) is 0.185. The van der Waals surface area contributed by atoms with Gasteiger partial charge in [-0.3, -0.25) is 4.79 Å². The molecular formula is C27H23ClN2O4S. The van der Waals surface area contributed by atoms with Crippen LogP contribution in [0.4, 0.5) is 0 Å². The van der Waals surface area contributed by atoms with E-state index in [0.717, 1.165) is 22.3 Å². The van der Waals surface area contributed by atoms with Gasteiger partial charge in [0.2, 0.25) is 0 Å². The van der Waals surface area contributed by atoms with Crippen molar-refractivity contribution in [3.8, 4) is 17.2 Å². The Bertz CT molecular complexity index is 1600. The highest BCUT2D eigenvalue weighted by Gasteiger charge is 2.15. The molecule has 0 fully saturated rings. The van der Waals surface area contributed by atoms with Crippen LogP contribution in [-0.4, -0.2) is 29.7 Å². The number of methoxy groups -OCH3 is 1. The van der Waals surface area contributed by atoms with Gasteiger partial charge in [-0.15, -0.1) is 0 Å². The minimum Gasteiger partial charge on any atom is -0.493 e. The van der Waals surface area contributed by atoms with Crippen LogP contribution in [-0.2, 0) is 0 Å². The number of nitrogens with zero attached hydrogens (tertiary/aromatic N) is 2. The van der Waals surface area contributed by atoms with E-state index in [0.29, 0.717) is 39.2 Å². The molecular weight excluding hydrogens is 484 g/mol. The van der Waals surface area contributed by atoms with Crippen molar-refractivity contribution >= 4 is 45.0 Å². The smallest absolute Gasteiger partial charge is 0.274 e. The summed E-state index contributed by atoms with van der Waals surface area (Å²) in [4.78, 5) is 18.3. The first-order valence-corrected chi connectivity index (χ1v) is 12.3. The lowest BCUT2D eigenvalue weighted by molar-refractivity contribution is 0.184. The molecule has 2 heterocycles. The third-order valence-corrected chi connectivity index (χ3v) is 6.73. The standard InChI is InChI=1S/C27H23ClN2O4S/c1-17(15-33-19-8-4-3-5-9-19)16-34-25-20(28)12-18(13-23(25)32-2)14-24-26(31)30-22-11-7-6-10-21(22)29-27(30)35-24/h3-14,17H,15-16H2,1-2H3/b24-14-. The van der Waals surface area contributed by atoms with E-state index in [-0.39, 0.29) is 11.5 Å². The average Bonchev–Trinajstić information content (AvgIpc) is 3.38. The van der Waals surface area contributed by atoms with Crippen LogP contribution in [0, 0.1) is 5.92 Å². The second-order valence-electron chi connectivity index (χ2n) is 8.21. The lowest BCUT2D eigenvalue weighted by Gasteiger charge is -2.17. The zero-order valence-electron chi connectivity index (χ0n) is 19.2. The van der Waals surface area contributed by atoms with E-state index in [2.05, 4.69) is 4.98 Å². The van der Waals surface area contributed by atoms with Crippen molar-refractivity contribution in [1.82, 2.24) is 9.38 Å². The van der Waals surface area contributed by atoms with Crippen molar-refractivity contribution in [1.29, 1.82) is 0 Å². The summed E-state index contributed by atoms with van der Waals surface area (Å²) in [5, 5.41) is 0.408. The first kappa shape index (κ1) is 23.2. The second-order valence-corrected chi connectivity index (χ2v) is 9.62. The molecule has 0 aliphatic heterocycles. The van der Waals surface area contributed by atoms with E-state index in [9.17, 15) is 4.79 Å². The molecule has 0 aliphatic rings. The Morgan fingerprint density at radius 3 is 2.60 bits per heavy atom. The van der Waals surface area contributed by atoms with Gasteiger partial charge in [-0.2, -0.15) is 0 Å². The summed E-state index contributed by atoms with van der Waals surface area (Å²) in [5.41, 5.74) is 2.23. The van der Waals surface area contributed by atoms with Crippen molar-refractivity contribution in [2.45, 2.75) is 6.92 Å². The number of hydrogen-bond acceptors (Lipinski definition) is 6. The number of halogens is 1. The first-order chi connectivity index (χ1) is 17.0. The van der Waals surface area contributed by atoms with Gasteiger partial charge in [-0.25, -0.2) is 9.38 Å². The second kappa shape index (κ2) is 9.98. The molecule has 1 atom stereocenters. The van der Waals surface area contributed by atoms with E-state index >= 15 is 0 Å². The van der Waals surface area contributed by atoms with E-state index in [1.807, 2.05) is 67.6 Å². The maximum Gasteiger partial charge on any atom is 0.274 e. The van der Waals surface area contributed by atoms with Gasteiger partial charge in [0.15, 0.2) is 16.5 Å². The van der Waals surface area contributed by atoms with Gasteiger partial charge >= 0.3 is 0 Å². The van der Waals surface area contributed by atoms with Crippen LogP contribution in [0.5, 0.6) is 17.2 Å². The molecule has 3 aromatic carbocycles. The zero-order chi connectivity index (χ0) is 24.4. The Morgan fingerprint density at radius 1 is 1.06 bits per heavy atom. The van der Waals surface area contributed by atoms with Gasteiger partial charge in [0.1, 0.15) is 5.75 Å². The van der Waals surface area contributed by atoms with Gasteiger partial charge in [-0.1, -0.05) is 60.2 Å². The van der Waals surface area contributed by atoms with Crippen molar-refractivity contribution < 1.29 is 14.2 Å². The van der Waals surface area contributed by atoms with Crippen LogP contribution < -0.4 is 24.3 Å². The fourth-order valence-corrected chi connectivity index (χ4v) is 5.02. The lowest BCUT2D eigenvalue weighted by atomic mass is 10.2. The fourth-order valence-electron chi connectivity index (χ4n) is 3.76. The number of rotatable bonds is 8. The molecule has 2 aromatic heterocycles. The Morgan fingerprint density at radius 2 is 1.80 bits per heavy atom. The Hall–Kier alpha value is -3.55. The SMILES string of the molecule is COc1cc(/C=c2\sc3nc4ccccc4n3c2=O)cc(Cl)c1OCC(C)COc1ccccc1. The molecule has 0 spiro atoms. The summed E-state index contributed by atoms with van der Waals surface area (Å²) < 4.78 is 19.5. The van der Waals surface area contributed by atoms with Crippen LogP contribution in [0.25, 0.3) is 22.1 Å². The van der Waals surface area contributed by atoms with Crippen LogP contribution in [0.15, 0.2) is 71.5 Å². The summed E-state index contributed by atoms with van der Waals surface area (Å²) >= 11 is 7.90. The van der Waals surface area contributed by atoms with Crippen molar-refractivity contribution in [3.05, 3.63) is 92.2 Å². The Balaban J connectivity index is 1.36. The maximum atomic E-state index is 13.1. The number of fused-ring (bicyclic) bond motifs is 3. The molecule has 8 heteroatoms. The van der Waals surface area contributed by atoms with Crippen LogP contribution in [0.3, 0.4) is 0 Å². The van der Waals surface area contributed by atoms with Gasteiger partial charge in [0, 0.05) is 5.92 Å². The highest BCUT2D eigenvalue weighted by Crippen LogP contribution is 2.37. The topological polar surface area (TPSA) is 62.1 Å². The van der Waals surface area contributed by atoms with Crippen molar-refractivity contribution in [2.24, 2.45) is 5.92 Å². The number of para-hydroxylation sites is 3. The molecule has 6 nitrogen and oxygen atoms in total. The quantitative estimate of drug-likeness (QED) is 0.289. The van der Waals surface area contributed by atoms with E-state index in [1.54, 1.807) is 23.7 Å². The molecule has 0 bridgehead atoms. The monoisotopic (exact) mass is 506 g/mol. The van der Waals surface area contributed by atoms with Crippen LogP contribution in [0.2, 0.25) is 5.02 Å². The molecule has 5 aromatic rings. The van der Waals surface area contributed by atoms with Crippen molar-refractivity contribution in [3.63, 3.8) is 0 Å². The number of hydrogen-bond donors (Lipinski definition) is 0. The van der Waals surface area contributed by atoms with Gasteiger partial charge < -0.3 is 14.2 Å². The van der Waals surface area contributed by atoms with E-state index in [4.69, 9.17) is 25.8 Å². The Kier molecular flexibility index (Phi) is 6.61. The summed E-state index contributed by atoms with van der Waals surface area (Å²) in [6.45, 7) is 2.96. The molecule has 0 amide bonds. The van der Waals surface area contributed by atoms with Gasteiger partial charge in [-0.05, 0) is 48.0 Å². The van der Waals surface area contributed by atoms with E-state index in [1.165, 1.54) is 11.3 Å². The molecule has 0 saturated heterocycles. The maximum absolute atomic E-state index is 13.1. The molecule has 178 valence electrons. The highest BCUT2D eigenvalue weighted by atomic mass is 35.5. The first-order valence-electron chi connectivity index (χ1n) is 11.1. The minimum atomic E-state index is -0.110. The predicted octanol–water partition coefficient (Wildman–Crippen LogP) is 5.21. The van der Waals surface area contributed by atoms with Crippen LogP contribution >= 0.6 is 22.9 Å².